The molecule has 0 aromatic heterocycles. The summed E-state index contributed by atoms with van der Waals surface area (Å²) >= 11 is 0. The molecule has 4 rings (SSSR count). The number of Topliss-reactive ketones (excluding diaryl/α,β-unsaturated/α-hetero) is 2. The number of aldehydes is 1. The molecule has 136 valence electrons. The first-order valence-corrected chi connectivity index (χ1v) is 9.71. The Labute approximate surface area is 149 Å². The van der Waals surface area contributed by atoms with E-state index < -0.39 is 11.9 Å². The second-order valence-corrected chi connectivity index (χ2v) is 9.34. The number of fused-ring (bicyclic) bond motifs is 5. The van der Waals surface area contributed by atoms with Crippen LogP contribution in [0.3, 0.4) is 0 Å². The Kier molecular flexibility index (Phi) is 3.84. The fourth-order valence-corrected chi connectivity index (χ4v) is 7.19. The van der Waals surface area contributed by atoms with Crippen molar-refractivity contribution < 1.29 is 19.5 Å². The zero-order chi connectivity index (χ0) is 18.0. The molecule has 2 unspecified atom stereocenters. The van der Waals surface area contributed by atoms with Crippen molar-refractivity contribution in [1.29, 1.82) is 0 Å². The van der Waals surface area contributed by atoms with E-state index in [1.807, 2.05) is 6.08 Å². The number of carbonyl (C=O) groups is 3. The van der Waals surface area contributed by atoms with Crippen LogP contribution in [0, 0.1) is 34.5 Å². The number of hydrogen-bond acceptors (Lipinski definition) is 4. The molecule has 3 fully saturated rings. The van der Waals surface area contributed by atoms with Gasteiger partial charge in [-0.05, 0) is 61.2 Å². The molecule has 4 aliphatic rings. The zero-order valence-corrected chi connectivity index (χ0v) is 15.2. The van der Waals surface area contributed by atoms with Crippen LogP contribution >= 0.6 is 0 Å². The molecule has 0 heterocycles. The third kappa shape index (κ3) is 2.26. The van der Waals surface area contributed by atoms with Gasteiger partial charge in [0, 0.05) is 23.8 Å². The molecule has 4 heteroatoms. The number of carbonyl (C=O) groups excluding carboxylic acids is 3. The Hall–Kier alpha value is -1.29. The molecule has 0 aromatic rings. The Morgan fingerprint density at radius 1 is 1.32 bits per heavy atom. The van der Waals surface area contributed by atoms with Gasteiger partial charge < -0.3 is 5.11 Å². The van der Waals surface area contributed by atoms with Crippen molar-refractivity contribution in [3.63, 3.8) is 0 Å². The van der Waals surface area contributed by atoms with Crippen LogP contribution in [0.2, 0.25) is 0 Å². The van der Waals surface area contributed by atoms with E-state index in [0.717, 1.165) is 25.7 Å². The van der Waals surface area contributed by atoms with Gasteiger partial charge in [0.15, 0.2) is 6.29 Å². The van der Waals surface area contributed by atoms with Crippen LogP contribution < -0.4 is 0 Å². The number of rotatable bonds is 2. The Morgan fingerprint density at radius 3 is 2.80 bits per heavy atom. The SMILES string of the molecule is C[C@]12CCC(=O)CC1CC[C@@H]1[C@@H]2C(O)C[C@]2(C)C(C(=O)C=O)=CC[C@@H]12. The van der Waals surface area contributed by atoms with E-state index in [1.54, 1.807) is 0 Å². The molecular weight excluding hydrogens is 316 g/mol. The van der Waals surface area contributed by atoms with Crippen LogP contribution in [0.4, 0.5) is 0 Å². The molecule has 0 bridgehead atoms. The average molecular weight is 344 g/mol. The van der Waals surface area contributed by atoms with Crippen LogP contribution in [0.5, 0.6) is 0 Å². The molecule has 4 aliphatic carbocycles. The maximum Gasteiger partial charge on any atom is 0.221 e. The van der Waals surface area contributed by atoms with Crippen molar-refractivity contribution in [3.8, 4) is 0 Å². The van der Waals surface area contributed by atoms with Gasteiger partial charge in [0.25, 0.3) is 0 Å². The number of aliphatic hydroxyl groups excluding tert-OH is 1. The predicted molar refractivity (Wildman–Crippen MR) is 92.7 cm³/mol. The van der Waals surface area contributed by atoms with Gasteiger partial charge in [-0.1, -0.05) is 19.9 Å². The summed E-state index contributed by atoms with van der Waals surface area (Å²) in [7, 11) is 0. The highest BCUT2D eigenvalue weighted by atomic mass is 16.3. The summed E-state index contributed by atoms with van der Waals surface area (Å²) in [4.78, 5) is 35.1. The highest BCUT2D eigenvalue weighted by molar-refractivity contribution is 6.33. The number of aliphatic hydroxyl groups is 1. The second-order valence-electron chi connectivity index (χ2n) is 9.34. The van der Waals surface area contributed by atoms with Crippen LogP contribution in [-0.2, 0) is 14.4 Å². The Morgan fingerprint density at radius 2 is 2.08 bits per heavy atom. The van der Waals surface area contributed by atoms with Crippen molar-refractivity contribution in [2.24, 2.45) is 34.5 Å². The van der Waals surface area contributed by atoms with Crippen molar-refractivity contribution in [3.05, 3.63) is 11.6 Å². The van der Waals surface area contributed by atoms with Gasteiger partial charge in [0.1, 0.15) is 5.78 Å². The quantitative estimate of drug-likeness (QED) is 0.618. The molecule has 4 nitrogen and oxygen atoms in total. The lowest BCUT2D eigenvalue weighted by Gasteiger charge is -2.61. The van der Waals surface area contributed by atoms with Crippen molar-refractivity contribution in [2.75, 3.05) is 0 Å². The molecule has 0 spiro atoms. The van der Waals surface area contributed by atoms with Gasteiger partial charge in [0.2, 0.25) is 5.78 Å². The summed E-state index contributed by atoms with van der Waals surface area (Å²) in [6.07, 6.45) is 7.54. The van der Waals surface area contributed by atoms with E-state index in [0.29, 0.717) is 54.7 Å². The molecule has 0 aliphatic heterocycles. The van der Waals surface area contributed by atoms with Crippen LogP contribution in [-0.4, -0.2) is 29.1 Å². The third-order valence-electron chi connectivity index (χ3n) is 8.37. The monoisotopic (exact) mass is 344 g/mol. The number of allylic oxidation sites excluding steroid dienone is 2. The summed E-state index contributed by atoms with van der Waals surface area (Å²) in [6, 6.07) is 0. The average Bonchev–Trinajstić information content (AvgIpc) is 2.91. The van der Waals surface area contributed by atoms with E-state index in [4.69, 9.17) is 0 Å². The van der Waals surface area contributed by atoms with Crippen molar-refractivity contribution in [2.45, 2.75) is 64.9 Å². The minimum atomic E-state index is -0.465. The molecule has 7 atom stereocenters. The van der Waals surface area contributed by atoms with E-state index in [9.17, 15) is 19.5 Å². The van der Waals surface area contributed by atoms with Crippen molar-refractivity contribution in [1.82, 2.24) is 0 Å². The highest BCUT2D eigenvalue weighted by Gasteiger charge is 2.62. The first-order valence-electron chi connectivity index (χ1n) is 9.71. The molecule has 0 aromatic carbocycles. The van der Waals surface area contributed by atoms with Crippen LogP contribution in [0.25, 0.3) is 0 Å². The Balaban J connectivity index is 1.68. The van der Waals surface area contributed by atoms with Gasteiger partial charge in [0.05, 0.1) is 6.10 Å². The molecule has 0 amide bonds. The summed E-state index contributed by atoms with van der Waals surface area (Å²) in [5.74, 6) is 1.25. The summed E-state index contributed by atoms with van der Waals surface area (Å²) in [6.45, 7) is 4.35. The lowest BCUT2D eigenvalue weighted by atomic mass is 9.44. The van der Waals surface area contributed by atoms with Gasteiger partial charge in [-0.2, -0.15) is 0 Å². The van der Waals surface area contributed by atoms with E-state index in [1.165, 1.54) is 0 Å². The summed E-state index contributed by atoms with van der Waals surface area (Å²) in [5, 5.41) is 11.1. The van der Waals surface area contributed by atoms with Gasteiger partial charge in [-0.3, -0.25) is 14.4 Å². The van der Waals surface area contributed by atoms with E-state index in [-0.39, 0.29) is 16.7 Å². The molecule has 25 heavy (non-hydrogen) atoms. The molecule has 1 N–H and O–H groups in total. The standard InChI is InChI=1S/C21H28O4/c1-20-8-7-13(23)9-12(20)3-4-14-15-5-6-16(18(25)11-22)21(15,2)10-17(24)19(14)20/h6,11-12,14-15,17,19,24H,3-5,7-10H2,1-2H3/t12?,14-,15-,17?,19+,20-,21-/m0/s1. The largest absolute Gasteiger partial charge is 0.393 e. The lowest BCUT2D eigenvalue weighted by molar-refractivity contribution is -0.165. The van der Waals surface area contributed by atoms with E-state index in [2.05, 4.69) is 13.8 Å². The van der Waals surface area contributed by atoms with Crippen molar-refractivity contribution >= 4 is 17.9 Å². The first kappa shape index (κ1) is 17.1. The summed E-state index contributed by atoms with van der Waals surface area (Å²) in [5.41, 5.74) is 0.262. The fraction of sp³-hybridized carbons (Fsp3) is 0.762. The molecule has 0 saturated heterocycles. The normalized spacial score (nSPS) is 48.8. The fourth-order valence-electron chi connectivity index (χ4n) is 7.19. The van der Waals surface area contributed by atoms with Gasteiger partial charge >= 0.3 is 0 Å². The minimum absolute atomic E-state index is 0.0228. The van der Waals surface area contributed by atoms with Crippen LogP contribution in [0.1, 0.15) is 58.8 Å². The predicted octanol–water partition coefficient (Wildman–Crippen LogP) is 2.87. The molecular formula is C21H28O4. The zero-order valence-electron chi connectivity index (χ0n) is 15.2. The van der Waals surface area contributed by atoms with Crippen LogP contribution in [0.15, 0.2) is 11.6 Å². The van der Waals surface area contributed by atoms with Gasteiger partial charge in [-0.25, -0.2) is 0 Å². The maximum absolute atomic E-state index is 12.1. The minimum Gasteiger partial charge on any atom is -0.393 e. The number of ketones is 2. The van der Waals surface area contributed by atoms with Gasteiger partial charge in [-0.15, -0.1) is 0 Å². The molecule has 0 radical (unpaired) electrons. The first-order chi connectivity index (χ1) is 11.8. The summed E-state index contributed by atoms with van der Waals surface area (Å²) < 4.78 is 0. The topological polar surface area (TPSA) is 71.4 Å². The lowest BCUT2D eigenvalue weighted by Crippen LogP contribution is -2.58. The molecule has 3 saturated carbocycles. The highest BCUT2D eigenvalue weighted by Crippen LogP contribution is 2.66. The Bertz CT molecular complexity index is 665. The second kappa shape index (κ2) is 5.60. The van der Waals surface area contributed by atoms with E-state index >= 15 is 0 Å². The maximum atomic E-state index is 12.1. The number of hydrogen-bond donors (Lipinski definition) is 1. The smallest absolute Gasteiger partial charge is 0.221 e. The third-order valence-corrected chi connectivity index (χ3v) is 8.37.